The first-order chi connectivity index (χ1) is 8.40. The molecule has 18 heavy (non-hydrogen) atoms. The highest BCUT2D eigenvalue weighted by molar-refractivity contribution is 5.63. The number of benzene rings is 2. The van der Waals surface area contributed by atoms with Crippen LogP contribution in [0.5, 0.6) is 0 Å². The van der Waals surface area contributed by atoms with Crippen molar-refractivity contribution >= 4 is 0 Å². The number of hydrogen-bond donors (Lipinski definition) is 0. The van der Waals surface area contributed by atoms with Gasteiger partial charge in [0.05, 0.1) is 0 Å². The quantitative estimate of drug-likeness (QED) is 0.586. The van der Waals surface area contributed by atoms with Crippen LogP contribution in [0.25, 0.3) is 11.1 Å². The van der Waals surface area contributed by atoms with Crippen LogP contribution < -0.4 is 0 Å². The van der Waals surface area contributed by atoms with Crippen LogP contribution >= 0.6 is 0 Å². The molecule has 2 rings (SSSR count). The highest BCUT2D eigenvalue weighted by Crippen LogP contribution is 2.19. The lowest BCUT2D eigenvalue weighted by Crippen LogP contribution is -1.85. The molecule has 0 amide bonds. The predicted molar refractivity (Wildman–Crippen MR) is 81.8 cm³/mol. The minimum atomic E-state index is 0. The van der Waals surface area contributed by atoms with Gasteiger partial charge in [0.15, 0.2) is 0 Å². The fraction of sp³-hybridized carbons (Fsp3) is 0.333. The maximum atomic E-state index is 2.26. The number of unbranched alkanes of at least 4 members (excludes halogenated alkanes) is 2. The second-order valence-electron chi connectivity index (χ2n) is 4.52. The SMILES string of the molecule is C.CCCCCc1ccc(-c2ccccc2)cc1. The molecule has 0 radical (unpaired) electrons. The Morgan fingerprint density at radius 2 is 1.33 bits per heavy atom. The summed E-state index contributed by atoms with van der Waals surface area (Å²) in [5, 5.41) is 0. The van der Waals surface area contributed by atoms with Crippen LogP contribution in [0.3, 0.4) is 0 Å². The van der Waals surface area contributed by atoms with Gasteiger partial charge < -0.3 is 0 Å². The molecular weight excluding hydrogens is 216 g/mol. The molecule has 0 heterocycles. The molecule has 0 N–H and O–H groups in total. The fourth-order valence-electron chi connectivity index (χ4n) is 2.07. The van der Waals surface area contributed by atoms with Crippen LogP contribution in [0.4, 0.5) is 0 Å². The van der Waals surface area contributed by atoms with Crippen molar-refractivity contribution in [2.75, 3.05) is 0 Å². The molecule has 0 heteroatoms. The first-order valence-electron chi connectivity index (χ1n) is 6.54. The molecule has 2 aromatic carbocycles. The van der Waals surface area contributed by atoms with E-state index in [4.69, 9.17) is 0 Å². The van der Waals surface area contributed by atoms with E-state index in [0.717, 1.165) is 0 Å². The molecule has 0 unspecified atom stereocenters. The van der Waals surface area contributed by atoms with Crippen molar-refractivity contribution in [1.82, 2.24) is 0 Å². The zero-order valence-corrected chi connectivity index (χ0v) is 10.5. The predicted octanol–water partition coefficient (Wildman–Crippen LogP) is 5.72. The molecule has 96 valence electrons. The Morgan fingerprint density at radius 1 is 0.722 bits per heavy atom. The van der Waals surface area contributed by atoms with Crippen molar-refractivity contribution in [3.8, 4) is 11.1 Å². The van der Waals surface area contributed by atoms with Gasteiger partial charge >= 0.3 is 0 Å². The molecule has 0 saturated heterocycles. The second kappa shape index (κ2) is 7.71. The minimum absolute atomic E-state index is 0. The van der Waals surface area contributed by atoms with Gasteiger partial charge in [0.25, 0.3) is 0 Å². The van der Waals surface area contributed by atoms with Crippen molar-refractivity contribution in [1.29, 1.82) is 0 Å². The summed E-state index contributed by atoms with van der Waals surface area (Å²) in [5.74, 6) is 0. The zero-order valence-electron chi connectivity index (χ0n) is 10.5. The normalized spacial score (nSPS) is 9.83. The topological polar surface area (TPSA) is 0 Å². The molecule has 0 atom stereocenters. The minimum Gasteiger partial charge on any atom is -0.0776 e. The van der Waals surface area contributed by atoms with Crippen LogP contribution in [-0.2, 0) is 6.42 Å². The summed E-state index contributed by atoms with van der Waals surface area (Å²) >= 11 is 0. The molecular formula is C18H24. The largest absolute Gasteiger partial charge is 0.0776 e. The van der Waals surface area contributed by atoms with E-state index in [-0.39, 0.29) is 7.43 Å². The summed E-state index contributed by atoms with van der Waals surface area (Å²) in [6.07, 6.45) is 5.15. The van der Waals surface area contributed by atoms with Crippen LogP contribution in [0.2, 0.25) is 0 Å². The van der Waals surface area contributed by atoms with Crippen molar-refractivity contribution in [2.45, 2.75) is 40.0 Å². The highest BCUT2D eigenvalue weighted by atomic mass is 14.0. The average molecular weight is 240 g/mol. The maximum absolute atomic E-state index is 2.26. The summed E-state index contributed by atoms with van der Waals surface area (Å²) in [6, 6.07) is 19.5. The van der Waals surface area contributed by atoms with E-state index in [1.54, 1.807) is 0 Å². The number of aryl methyl sites for hydroxylation is 1. The fourth-order valence-corrected chi connectivity index (χ4v) is 2.07. The smallest absolute Gasteiger partial charge is 0.0184 e. The van der Waals surface area contributed by atoms with E-state index < -0.39 is 0 Å². The maximum Gasteiger partial charge on any atom is -0.0184 e. The first-order valence-corrected chi connectivity index (χ1v) is 6.54. The van der Waals surface area contributed by atoms with Gasteiger partial charge in [-0.15, -0.1) is 0 Å². The van der Waals surface area contributed by atoms with E-state index in [1.807, 2.05) is 0 Å². The Morgan fingerprint density at radius 3 is 1.94 bits per heavy atom. The van der Waals surface area contributed by atoms with Crippen LogP contribution in [-0.4, -0.2) is 0 Å². The van der Waals surface area contributed by atoms with Crippen molar-refractivity contribution < 1.29 is 0 Å². The summed E-state index contributed by atoms with van der Waals surface area (Å²) in [7, 11) is 0. The molecule has 0 bridgehead atoms. The molecule has 0 aliphatic rings. The van der Waals surface area contributed by atoms with Crippen LogP contribution in [0, 0.1) is 0 Å². The highest BCUT2D eigenvalue weighted by Gasteiger charge is 1.97. The molecule has 2 aromatic rings. The summed E-state index contributed by atoms with van der Waals surface area (Å²) in [4.78, 5) is 0. The van der Waals surface area contributed by atoms with Crippen molar-refractivity contribution in [3.63, 3.8) is 0 Å². The third kappa shape index (κ3) is 4.03. The Balaban J connectivity index is 0.00000162. The molecule has 0 aliphatic carbocycles. The van der Waals surface area contributed by atoms with Gasteiger partial charge in [-0.3, -0.25) is 0 Å². The van der Waals surface area contributed by atoms with Gasteiger partial charge in [-0.2, -0.15) is 0 Å². The number of rotatable bonds is 5. The van der Waals surface area contributed by atoms with E-state index >= 15 is 0 Å². The summed E-state index contributed by atoms with van der Waals surface area (Å²) in [5.41, 5.74) is 4.07. The molecule has 0 aromatic heterocycles. The lowest BCUT2D eigenvalue weighted by atomic mass is 10.0. The van der Waals surface area contributed by atoms with E-state index in [2.05, 4.69) is 61.5 Å². The second-order valence-corrected chi connectivity index (χ2v) is 4.52. The van der Waals surface area contributed by atoms with Gasteiger partial charge in [0.1, 0.15) is 0 Å². The van der Waals surface area contributed by atoms with Crippen molar-refractivity contribution in [2.24, 2.45) is 0 Å². The Labute approximate surface area is 112 Å². The summed E-state index contributed by atoms with van der Waals surface area (Å²) < 4.78 is 0. The average Bonchev–Trinajstić information content (AvgIpc) is 2.41. The van der Waals surface area contributed by atoms with Crippen molar-refractivity contribution in [3.05, 3.63) is 60.2 Å². The number of hydrogen-bond acceptors (Lipinski definition) is 0. The van der Waals surface area contributed by atoms with Gasteiger partial charge in [-0.1, -0.05) is 81.8 Å². The molecule has 0 fully saturated rings. The van der Waals surface area contributed by atoms with Gasteiger partial charge in [-0.25, -0.2) is 0 Å². The van der Waals surface area contributed by atoms with E-state index in [1.165, 1.54) is 42.4 Å². The monoisotopic (exact) mass is 240 g/mol. The van der Waals surface area contributed by atoms with E-state index in [0.29, 0.717) is 0 Å². The third-order valence-electron chi connectivity index (χ3n) is 3.13. The lowest BCUT2D eigenvalue weighted by Gasteiger charge is -2.04. The van der Waals surface area contributed by atoms with Gasteiger partial charge in [0, 0.05) is 0 Å². The first kappa shape index (κ1) is 14.5. The Hall–Kier alpha value is -1.56. The van der Waals surface area contributed by atoms with Gasteiger partial charge in [0.2, 0.25) is 0 Å². The molecule has 0 saturated carbocycles. The third-order valence-corrected chi connectivity index (χ3v) is 3.13. The van der Waals surface area contributed by atoms with Gasteiger partial charge in [-0.05, 0) is 29.5 Å². The lowest BCUT2D eigenvalue weighted by molar-refractivity contribution is 0.717. The standard InChI is InChI=1S/C17H20.CH4/c1-2-3-5-8-15-11-13-17(14-12-15)16-9-6-4-7-10-16;/h4,6-7,9-14H,2-3,5,8H2,1H3;1H4. The molecule has 0 nitrogen and oxygen atoms in total. The Kier molecular flexibility index (Phi) is 6.21. The van der Waals surface area contributed by atoms with E-state index in [9.17, 15) is 0 Å². The molecule has 0 aliphatic heterocycles. The summed E-state index contributed by atoms with van der Waals surface area (Å²) in [6.45, 7) is 2.25. The van der Waals surface area contributed by atoms with Crippen LogP contribution in [0.1, 0.15) is 39.2 Å². The Bertz CT molecular complexity index is 425. The molecule has 0 spiro atoms. The zero-order chi connectivity index (χ0) is 11.9. The van der Waals surface area contributed by atoms with Crippen LogP contribution in [0.15, 0.2) is 54.6 Å².